The number of aromatic amines is 1. The number of aliphatic hydroxyl groups excluding tert-OH is 1. The molecule has 0 radical (unpaired) electrons. The van der Waals surface area contributed by atoms with Crippen molar-refractivity contribution < 1.29 is 24.5 Å². The Morgan fingerprint density at radius 2 is 2.10 bits per heavy atom. The van der Waals surface area contributed by atoms with Crippen molar-refractivity contribution in [3.05, 3.63) is 35.5 Å². The molecule has 0 spiro atoms. The number of hydrogen-bond acceptors (Lipinski definition) is 5. The van der Waals surface area contributed by atoms with Gasteiger partial charge in [-0.3, -0.25) is 14.5 Å². The number of piperidine rings is 1. The van der Waals surface area contributed by atoms with Crippen LogP contribution in [0.25, 0.3) is 10.9 Å². The average Bonchev–Trinajstić information content (AvgIpc) is 3.11. The fourth-order valence-electron chi connectivity index (χ4n) is 5.47. The van der Waals surface area contributed by atoms with E-state index in [0.717, 1.165) is 28.6 Å². The number of para-hydroxylation sites is 1. The molecule has 7 heteroatoms. The molecule has 3 N–H and O–H groups in total. The first-order chi connectivity index (χ1) is 14.0. The van der Waals surface area contributed by atoms with Crippen molar-refractivity contribution in [2.75, 3.05) is 20.3 Å². The Morgan fingerprint density at radius 3 is 2.76 bits per heavy atom. The third-order valence-electron chi connectivity index (χ3n) is 6.95. The number of methoxy groups -OCH3 is 1. The quantitative estimate of drug-likeness (QED) is 0.666. The first kappa shape index (κ1) is 19.9. The zero-order valence-corrected chi connectivity index (χ0v) is 16.8. The van der Waals surface area contributed by atoms with E-state index in [2.05, 4.69) is 16.8 Å². The summed E-state index contributed by atoms with van der Waals surface area (Å²) in [5.41, 5.74) is 3.11. The molecular weight excluding hydrogens is 372 g/mol. The second kappa shape index (κ2) is 7.80. The molecule has 2 aliphatic rings. The smallest absolute Gasteiger partial charge is 0.321 e. The van der Waals surface area contributed by atoms with Crippen LogP contribution in [-0.4, -0.2) is 58.3 Å². The first-order valence-corrected chi connectivity index (χ1v) is 10.3. The number of aromatic nitrogens is 1. The number of esters is 1. The molecule has 7 nitrogen and oxygen atoms in total. The number of hydrogen-bond donors (Lipinski definition) is 3. The molecule has 2 aromatic rings. The highest BCUT2D eigenvalue weighted by molar-refractivity contribution is 5.86. The molecule has 1 saturated heterocycles. The van der Waals surface area contributed by atoms with Gasteiger partial charge in [-0.2, -0.15) is 0 Å². The molecule has 0 bridgehead atoms. The molecule has 1 aromatic carbocycles. The largest absolute Gasteiger partial charge is 0.480 e. The lowest BCUT2D eigenvalue weighted by molar-refractivity contribution is -0.155. The van der Waals surface area contributed by atoms with E-state index in [9.17, 15) is 19.8 Å². The molecular formula is C22H28N2O5. The highest BCUT2D eigenvalue weighted by Gasteiger charge is 2.48. The molecule has 5 unspecified atom stereocenters. The van der Waals surface area contributed by atoms with Crippen molar-refractivity contribution in [2.45, 2.75) is 38.3 Å². The summed E-state index contributed by atoms with van der Waals surface area (Å²) >= 11 is 0. The van der Waals surface area contributed by atoms with Gasteiger partial charge in [0.1, 0.15) is 6.04 Å². The Morgan fingerprint density at radius 1 is 1.34 bits per heavy atom. The van der Waals surface area contributed by atoms with Gasteiger partial charge in [-0.15, -0.1) is 0 Å². The summed E-state index contributed by atoms with van der Waals surface area (Å²) in [6, 6.07) is 7.25. The number of ether oxygens (including phenoxy) is 1. The molecule has 3 heterocycles. The lowest BCUT2D eigenvalue weighted by Crippen LogP contribution is -2.55. The van der Waals surface area contributed by atoms with Crippen LogP contribution in [0.15, 0.2) is 24.3 Å². The van der Waals surface area contributed by atoms with E-state index in [-0.39, 0.29) is 24.5 Å². The van der Waals surface area contributed by atoms with Crippen molar-refractivity contribution in [3.8, 4) is 0 Å². The first-order valence-electron chi connectivity index (χ1n) is 10.3. The standard InChI is InChI=1S/C22H28N2O5/c1-3-12-10-24-18(8-14(12)16(11-25)22(28)29-2)20-15(9-19(24)21(26)27)13-6-4-5-7-17(13)23-20/h4-7,12,14,16,18-19,23,25H,3,8-11H2,1-2H3,(H,26,27). The molecule has 4 rings (SSSR count). The maximum absolute atomic E-state index is 12.3. The molecule has 156 valence electrons. The van der Waals surface area contributed by atoms with Crippen LogP contribution in [0, 0.1) is 17.8 Å². The van der Waals surface area contributed by atoms with E-state index < -0.39 is 23.9 Å². The topological polar surface area (TPSA) is 103 Å². The summed E-state index contributed by atoms with van der Waals surface area (Å²) in [6.07, 6.45) is 1.89. The van der Waals surface area contributed by atoms with Crippen LogP contribution in [0.4, 0.5) is 0 Å². The zero-order chi connectivity index (χ0) is 20.7. The number of fused-ring (bicyclic) bond motifs is 5. The van der Waals surface area contributed by atoms with Gasteiger partial charge < -0.3 is 19.9 Å². The van der Waals surface area contributed by atoms with Crippen LogP contribution in [0.1, 0.15) is 37.1 Å². The summed E-state index contributed by atoms with van der Waals surface area (Å²) in [4.78, 5) is 30.1. The third-order valence-corrected chi connectivity index (χ3v) is 6.95. The van der Waals surface area contributed by atoms with Gasteiger partial charge in [-0.1, -0.05) is 31.5 Å². The fraction of sp³-hybridized carbons (Fsp3) is 0.545. The molecule has 1 aromatic heterocycles. The molecule has 0 saturated carbocycles. The van der Waals surface area contributed by atoms with Gasteiger partial charge in [-0.05, 0) is 29.9 Å². The van der Waals surface area contributed by atoms with Crippen molar-refractivity contribution in [1.29, 1.82) is 0 Å². The molecule has 1 fully saturated rings. The van der Waals surface area contributed by atoms with Crippen molar-refractivity contribution in [1.82, 2.24) is 9.88 Å². The number of carboxylic acids is 1. The van der Waals surface area contributed by atoms with Crippen LogP contribution in [0.5, 0.6) is 0 Å². The lowest BCUT2D eigenvalue weighted by Gasteiger charge is -2.49. The summed E-state index contributed by atoms with van der Waals surface area (Å²) in [7, 11) is 1.35. The Labute approximate surface area is 169 Å². The zero-order valence-electron chi connectivity index (χ0n) is 16.8. The van der Waals surface area contributed by atoms with Crippen LogP contribution in [-0.2, 0) is 20.7 Å². The Hall–Kier alpha value is -2.38. The van der Waals surface area contributed by atoms with Crippen LogP contribution >= 0.6 is 0 Å². The van der Waals surface area contributed by atoms with E-state index >= 15 is 0 Å². The predicted molar refractivity (Wildman–Crippen MR) is 107 cm³/mol. The number of carbonyl (C=O) groups excluding carboxylic acids is 1. The number of carbonyl (C=O) groups is 2. The minimum Gasteiger partial charge on any atom is -0.480 e. The van der Waals surface area contributed by atoms with Gasteiger partial charge in [0.25, 0.3) is 0 Å². The van der Waals surface area contributed by atoms with Crippen molar-refractivity contribution in [2.24, 2.45) is 17.8 Å². The molecule has 5 atom stereocenters. The Balaban J connectivity index is 1.79. The van der Waals surface area contributed by atoms with Crippen molar-refractivity contribution in [3.63, 3.8) is 0 Å². The van der Waals surface area contributed by atoms with Gasteiger partial charge in [0.2, 0.25) is 0 Å². The van der Waals surface area contributed by atoms with Crippen LogP contribution in [0.3, 0.4) is 0 Å². The number of aliphatic hydroxyl groups is 1. The van der Waals surface area contributed by atoms with Gasteiger partial charge in [0.05, 0.1) is 25.7 Å². The molecule has 0 aliphatic carbocycles. The second-order valence-corrected chi connectivity index (χ2v) is 8.21. The maximum atomic E-state index is 12.3. The maximum Gasteiger partial charge on any atom is 0.321 e. The lowest BCUT2D eigenvalue weighted by atomic mass is 9.70. The molecule has 29 heavy (non-hydrogen) atoms. The third kappa shape index (κ3) is 3.22. The van der Waals surface area contributed by atoms with Crippen LogP contribution in [0.2, 0.25) is 0 Å². The number of rotatable bonds is 5. The minimum atomic E-state index is -0.814. The Kier molecular flexibility index (Phi) is 5.36. The highest BCUT2D eigenvalue weighted by Crippen LogP contribution is 2.47. The number of nitrogens with zero attached hydrogens (tertiary/aromatic N) is 1. The number of carboxylic acid groups (broad SMARTS) is 1. The summed E-state index contributed by atoms with van der Waals surface area (Å²) in [5, 5.41) is 20.9. The summed E-state index contributed by atoms with van der Waals surface area (Å²) < 4.78 is 4.95. The van der Waals surface area contributed by atoms with E-state index in [1.54, 1.807) is 0 Å². The predicted octanol–water partition coefficient (Wildman–Crippen LogP) is 2.35. The van der Waals surface area contributed by atoms with Gasteiger partial charge >= 0.3 is 11.9 Å². The van der Waals surface area contributed by atoms with Gasteiger partial charge in [-0.25, -0.2) is 0 Å². The SMILES string of the molecule is CCC1CN2C(C(=O)O)Cc3c([nH]c4ccccc34)C2CC1C(CO)C(=O)OC. The number of nitrogens with one attached hydrogen (secondary N) is 1. The van der Waals surface area contributed by atoms with E-state index in [1.807, 2.05) is 24.3 Å². The highest BCUT2D eigenvalue weighted by atomic mass is 16.5. The molecule has 2 aliphatic heterocycles. The van der Waals surface area contributed by atoms with Gasteiger partial charge in [0, 0.05) is 29.6 Å². The van der Waals surface area contributed by atoms with Crippen LogP contribution < -0.4 is 0 Å². The monoisotopic (exact) mass is 400 g/mol. The summed E-state index contributed by atoms with van der Waals surface area (Å²) in [6.45, 7) is 2.38. The average molecular weight is 400 g/mol. The summed E-state index contributed by atoms with van der Waals surface area (Å²) in [5.74, 6) is -1.75. The van der Waals surface area contributed by atoms with Crippen molar-refractivity contribution >= 4 is 22.8 Å². The number of H-pyrrole nitrogens is 1. The molecule has 0 amide bonds. The van der Waals surface area contributed by atoms with E-state index in [4.69, 9.17) is 4.74 Å². The van der Waals surface area contributed by atoms with E-state index in [1.165, 1.54) is 7.11 Å². The minimum absolute atomic E-state index is 0.0643. The normalized spacial score (nSPS) is 27.8. The Bertz CT molecular complexity index is 923. The van der Waals surface area contributed by atoms with E-state index in [0.29, 0.717) is 19.4 Å². The number of aliphatic carboxylic acids is 1. The number of benzene rings is 1. The van der Waals surface area contributed by atoms with Gasteiger partial charge in [0.15, 0.2) is 0 Å². The second-order valence-electron chi connectivity index (χ2n) is 8.21. The fourth-order valence-corrected chi connectivity index (χ4v) is 5.47.